The minimum Gasteiger partial charge on any atom is -0.481 e. The summed E-state index contributed by atoms with van der Waals surface area (Å²) >= 11 is 0. The van der Waals surface area contributed by atoms with Crippen LogP contribution in [0.1, 0.15) is 53.9 Å². The lowest BCUT2D eigenvalue weighted by atomic mass is 9.42. The summed E-state index contributed by atoms with van der Waals surface area (Å²) in [5.74, 6) is 0.182. The van der Waals surface area contributed by atoms with E-state index in [1.54, 1.807) is 13.3 Å². The number of hydrogen-bond acceptors (Lipinski definition) is 8. The van der Waals surface area contributed by atoms with Crippen molar-refractivity contribution in [1.82, 2.24) is 24.9 Å². The third-order valence-electron chi connectivity index (χ3n) is 8.24. The van der Waals surface area contributed by atoms with E-state index in [1.807, 2.05) is 30.9 Å². The summed E-state index contributed by atoms with van der Waals surface area (Å²) in [4.78, 5) is 25.1. The van der Waals surface area contributed by atoms with Gasteiger partial charge in [0.2, 0.25) is 11.8 Å². The van der Waals surface area contributed by atoms with Crippen molar-refractivity contribution in [2.45, 2.75) is 51.3 Å². The maximum absolute atomic E-state index is 13.8. The van der Waals surface area contributed by atoms with Gasteiger partial charge in [-0.2, -0.15) is 18.2 Å². The first-order valence-electron chi connectivity index (χ1n) is 12.2. The fourth-order valence-electron chi connectivity index (χ4n) is 5.92. The summed E-state index contributed by atoms with van der Waals surface area (Å²) in [5.41, 5.74) is 2.34. The maximum Gasteiger partial charge on any atom is 0.394 e. The van der Waals surface area contributed by atoms with Crippen LogP contribution in [0.2, 0.25) is 0 Å². The topological polar surface area (TPSA) is 86.2 Å². The number of pyridine rings is 1. The Morgan fingerprint density at radius 1 is 1.14 bits per heavy atom. The van der Waals surface area contributed by atoms with E-state index in [9.17, 15) is 13.2 Å². The zero-order valence-corrected chi connectivity index (χ0v) is 20.3. The van der Waals surface area contributed by atoms with Gasteiger partial charge >= 0.3 is 6.18 Å². The number of anilines is 1. The molecule has 3 fully saturated rings. The van der Waals surface area contributed by atoms with Crippen LogP contribution in [0.15, 0.2) is 18.3 Å². The second kappa shape index (κ2) is 8.22. The lowest BCUT2D eigenvalue weighted by molar-refractivity contribution is -0.319. The number of methoxy groups -OCH3 is 1. The third kappa shape index (κ3) is 3.50. The van der Waals surface area contributed by atoms with Gasteiger partial charge in [0.05, 0.1) is 42.8 Å². The highest BCUT2D eigenvalue weighted by molar-refractivity contribution is 5.75. The molecule has 3 aliphatic rings. The van der Waals surface area contributed by atoms with Gasteiger partial charge in [-0.25, -0.2) is 19.9 Å². The number of fused-ring (bicyclic) bond motifs is 2. The van der Waals surface area contributed by atoms with E-state index in [0.29, 0.717) is 54.8 Å². The molecule has 4 heterocycles. The van der Waals surface area contributed by atoms with E-state index in [1.165, 1.54) is 0 Å². The predicted molar refractivity (Wildman–Crippen MR) is 125 cm³/mol. The predicted octanol–water partition coefficient (Wildman–Crippen LogP) is 4.46. The first-order chi connectivity index (χ1) is 17.2. The Morgan fingerprint density at radius 2 is 1.94 bits per heavy atom. The first kappa shape index (κ1) is 23.3. The second-order valence-electron chi connectivity index (χ2n) is 10.0. The van der Waals surface area contributed by atoms with Crippen molar-refractivity contribution in [2.75, 3.05) is 31.7 Å². The summed E-state index contributed by atoms with van der Waals surface area (Å²) in [5, 5.41) is 0. The third-order valence-corrected chi connectivity index (χ3v) is 8.24. The van der Waals surface area contributed by atoms with Gasteiger partial charge in [-0.3, -0.25) is 0 Å². The van der Waals surface area contributed by atoms with E-state index in [2.05, 4.69) is 15.0 Å². The quantitative estimate of drug-likeness (QED) is 0.519. The largest absolute Gasteiger partial charge is 0.481 e. The summed E-state index contributed by atoms with van der Waals surface area (Å²) in [7, 11) is 1.56. The Kier molecular flexibility index (Phi) is 5.33. The fourth-order valence-corrected chi connectivity index (χ4v) is 5.92. The smallest absolute Gasteiger partial charge is 0.394 e. The molecule has 6 rings (SSSR count). The number of aryl methyl sites for hydroxylation is 2. The van der Waals surface area contributed by atoms with E-state index in [-0.39, 0.29) is 24.9 Å². The van der Waals surface area contributed by atoms with Crippen LogP contribution in [0.4, 0.5) is 19.1 Å². The first-order valence-corrected chi connectivity index (χ1v) is 12.2. The van der Waals surface area contributed by atoms with Gasteiger partial charge < -0.3 is 14.4 Å². The average molecular weight is 501 g/mol. The SMILES string of the molecule is COc1cc(C2CN(c3nc([C@H]4C[C@]5(C(F)(F)F)CCC45)c4nc(C)c(C)nc4n3)CCO2)ccn1. The summed E-state index contributed by atoms with van der Waals surface area (Å²) in [6.45, 7) is 5.20. The van der Waals surface area contributed by atoms with Crippen LogP contribution < -0.4 is 9.64 Å². The monoisotopic (exact) mass is 500 g/mol. The molecule has 0 aromatic carbocycles. The van der Waals surface area contributed by atoms with Crippen molar-refractivity contribution in [3.8, 4) is 5.88 Å². The molecule has 11 heteroatoms. The molecule has 1 aliphatic heterocycles. The fraction of sp³-hybridized carbons (Fsp3) is 0.560. The molecule has 0 spiro atoms. The molecule has 3 aromatic heterocycles. The van der Waals surface area contributed by atoms with Gasteiger partial charge in [-0.15, -0.1) is 0 Å². The molecular formula is C25H27F3N6O2. The Bertz CT molecular complexity index is 1340. The van der Waals surface area contributed by atoms with Crippen molar-refractivity contribution in [2.24, 2.45) is 11.3 Å². The molecule has 0 radical (unpaired) electrons. The number of morpholine rings is 1. The number of rotatable bonds is 4. The highest BCUT2D eigenvalue weighted by Gasteiger charge is 2.73. The normalized spacial score (nSPS) is 27.8. The molecule has 2 saturated carbocycles. The Hall–Kier alpha value is -3.08. The lowest BCUT2D eigenvalue weighted by Crippen LogP contribution is -2.62. The zero-order chi connectivity index (χ0) is 25.2. The zero-order valence-electron chi connectivity index (χ0n) is 20.3. The van der Waals surface area contributed by atoms with Gasteiger partial charge in [0.1, 0.15) is 11.6 Å². The van der Waals surface area contributed by atoms with Crippen LogP contribution in [0.5, 0.6) is 5.88 Å². The van der Waals surface area contributed by atoms with Gasteiger partial charge in [-0.05, 0) is 50.7 Å². The van der Waals surface area contributed by atoms with Crippen molar-refractivity contribution < 1.29 is 22.6 Å². The number of hydrogen-bond donors (Lipinski definition) is 0. The molecule has 0 amide bonds. The van der Waals surface area contributed by atoms with Crippen molar-refractivity contribution >= 4 is 17.1 Å². The highest BCUT2D eigenvalue weighted by Crippen LogP contribution is 2.73. The number of alkyl halides is 3. The molecule has 4 atom stereocenters. The number of nitrogens with zero attached hydrogens (tertiary/aromatic N) is 6. The van der Waals surface area contributed by atoms with E-state index in [4.69, 9.17) is 19.4 Å². The second-order valence-corrected chi connectivity index (χ2v) is 10.0. The van der Waals surface area contributed by atoms with Gasteiger partial charge in [0.15, 0.2) is 5.65 Å². The molecule has 190 valence electrons. The molecule has 36 heavy (non-hydrogen) atoms. The molecule has 0 N–H and O–H groups in total. The standard InChI is InChI=1S/C25H27F3N6O2/c1-13-14(2)31-22-21(30-13)20(16-11-24(25(26,27)28)6-4-17(16)24)32-23(33-22)34-8-9-36-18(12-34)15-5-7-29-19(10-15)35-3/h5,7,10,16-18H,4,6,8-9,11-12H2,1-3H3/t16-,17?,18?,24+/m0/s1. The van der Waals surface area contributed by atoms with E-state index >= 15 is 0 Å². The van der Waals surface area contributed by atoms with Crippen LogP contribution in [0.3, 0.4) is 0 Å². The van der Waals surface area contributed by atoms with Gasteiger partial charge in [-0.1, -0.05) is 0 Å². The van der Waals surface area contributed by atoms with Crippen LogP contribution >= 0.6 is 0 Å². The molecule has 2 unspecified atom stereocenters. The molecule has 8 nitrogen and oxygen atoms in total. The highest BCUT2D eigenvalue weighted by atomic mass is 19.4. The van der Waals surface area contributed by atoms with Crippen molar-refractivity contribution in [3.05, 3.63) is 41.0 Å². The lowest BCUT2D eigenvalue weighted by Gasteiger charge is -2.63. The molecule has 3 aromatic rings. The summed E-state index contributed by atoms with van der Waals surface area (Å²) in [6.07, 6.45) is -1.99. The minimum atomic E-state index is -4.20. The van der Waals surface area contributed by atoms with Crippen LogP contribution in [0.25, 0.3) is 11.2 Å². The number of ether oxygens (including phenoxy) is 2. The van der Waals surface area contributed by atoms with E-state index in [0.717, 1.165) is 17.0 Å². The summed E-state index contributed by atoms with van der Waals surface area (Å²) < 4.78 is 52.8. The van der Waals surface area contributed by atoms with Crippen molar-refractivity contribution in [3.63, 3.8) is 0 Å². The number of halogens is 3. The Balaban J connectivity index is 1.37. The van der Waals surface area contributed by atoms with Crippen LogP contribution in [-0.2, 0) is 4.74 Å². The van der Waals surface area contributed by atoms with Crippen LogP contribution in [0, 0.1) is 25.2 Å². The maximum atomic E-state index is 13.8. The van der Waals surface area contributed by atoms with Crippen molar-refractivity contribution in [1.29, 1.82) is 0 Å². The van der Waals surface area contributed by atoms with Gasteiger partial charge in [0, 0.05) is 24.7 Å². The van der Waals surface area contributed by atoms with E-state index < -0.39 is 17.5 Å². The molecule has 2 aliphatic carbocycles. The van der Waals surface area contributed by atoms with Gasteiger partial charge in [0.25, 0.3) is 0 Å². The Labute approximate surface area is 206 Å². The average Bonchev–Trinajstić information content (AvgIpc) is 2.85. The molecule has 1 saturated heterocycles. The minimum absolute atomic E-state index is 0.0455. The molecule has 0 bridgehead atoms. The van der Waals surface area contributed by atoms with Crippen LogP contribution in [-0.4, -0.2) is 57.9 Å². The summed E-state index contributed by atoms with van der Waals surface area (Å²) in [6, 6.07) is 3.71. The number of aromatic nitrogens is 5. The molecular weight excluding hydrogens is 473 g/mol. The Morgan fingerprint density at radius 3 is 2.64 bits per heavy atom.